The first-order valence-corrected chi connectivity index (χ1v) is 4.88. The van der Waals surface area contributed by atoms with Crippen LogP contribution in [0, 0.1) is 0 Å². The number of aliphatic hydroxyl groups excluding tert-OH is 1. The largest absolute Gasteiger partial charge is 0.395 e. The first kappa shape index (κ1) is 11.5. The first-order chi connectivity index (χ1) is 7.24. The molecule has 0 unspecified atom stereocenters. The molecule has 0 bridgehead atoms. The fourth-order valence-corrected chi connectivity index (χ4v) is 1.24. The second kappa shape index (κ2) is 6.03. The SMILES string of the molecule is CN(CC(=O)NCCO)c1ccccc1. The van der Waals surface area contributed by atoms with E-state index in [0.29, 0.717) is 13.1 Å². The summed E-state index contributed by atoms with van der Waals surface area (Å²) in [5, 5.41) is 11.1. The maximum absolute atomic E-state index is 11.3. The molecule has 0 fully saturated rings. The fraction of sp³-hybridized carbons (Fsp3) is 0.364. The van der Waals surface area contributed by atoms with Crippen LogP contribution in [-0.2, 0) is 4.79 Å². The number of likely N-dealkylation sites (N-methyl/N-ethyl adjacent to an activating group) is 1. The number of carbonyl (C=O) groups excluding carboxylic acids is 1. The molecule has 0 aromatic heterocycles. The van der Waals surface area contributed by atoms with Crippen LogP contribution >= 0.6 is 0 Å². The number of hydrogen-bond acceptors (Lipinski definition) is 3. The van der Waals surface area contributed by atoms with Crippen molar-refractivity contribution in [2.24, 2.45) is 0 Å². The van der Waals surface area contributed by atoms with Gasteiger partial charge in [0, 0.05) is 19.3 Å². The Balaban J connectivity index is 2.42. The van der Waals surface area contributed by atoms with Gasteiger partial charge in [-0.3, -0.25) is 4.79 Å². The van der Waals surface area contributed by atoms with Crippen molar-refractivity contribution in [1.29, 1.82) is 0 Å². The van der Waals surface area contributed by atoms with Gasteiger partial charge in [0.25, 0.3) is 0 Å². The number of benzene rings is 1. The van der Waals surface area contributed by atoms with Gasteiger partial charge in [0.15, 0.2) is 0 Å². The molecule has 82 valence electrons. The van der Waals surface area contributed by atoms with Gasteiger partial charge in [-0.15, -0.1) is 0 Å². The summed E-state index contributed by atoms with van der Waals surface area (Å²) >= 11 is 0. The van der Waals surface area contributed by atoms with Crippen molar-refractivity contribution in [3.63, 3.8) is 0 Å². The number of rotatable bonds is 5. The van der Waals surface area contributed by atoms with E-state index in [4.69, 9.17) is 5.11 Å². The standard InChI is InChI=1S/C11H16N2O2/c1-13(9-11(15)12-7-8-14)10-5-3-2-4-6-10/h2-6,14H,7-9H2,1H3,(H,12,15). The minimum atomic E-state index is -0.0876. The average Bonchev–Trinajstić information content (AvgIpc) is 2.27. The van der Waals surface area contributed by atoms with E-state index >= 15 is 0 Å². The summed E-state index contributed by atoms with van der Waals surface area (Å²) in [5.74, 6) is -0.0876. The van der Waals surface area contributed by atoms with Crippen LogP contribution in [-0.4, -0.2) is 37.8 Å². The quantitative estimate of drug-likeness (QED) is 0.728. The molecule has 2 N–H and O–H groups in total. The van der Waals surface area contributed by atoms with Gasteiger partial charge in [0.05, 0.1) is 13.2 Å². The normalized spacial score (nSPS) is 9.73. The number of nitrogens with one attached hydrogen (secondary N) is 1. The molecule has 0 aliphatic carbocycles. The van der Waals surface area contributed by atoms with Crippen LogP contribution < -0.4 is 10.2 Å². The van der Waals surface area contributed by atoms with Crippen molar-refractivity contribution in [3.8, 4) is 0 Å². The first-order valence-electron chi connectivity index (χ1n) is 4.88. The molecule has 4 nitrogen and oxygen atoms in total. The second-order valence-electron chi connectivity index (χ2n) is 3.27. The van der Waals surface area contributed by atoms with Crippen molar-refractivity contribution in [2.75, 3.05) is 31.6 Å². The van der Waals surface area contributed by atoms with E-state index in [1.54, 1.807) is 0 Å². The van der Waals surface area contributed by atoms with E-state index in [2.05, 4.69) is 5.32 Å². The molecule has 1 aromatic rings. The summed E-state index contributed by atoms with van der Waals surface area (Å²) in [6, 6.07) is 9.68. The Morgan fingerprint density at radius 2 is 2.07 bits per heavy atom. The predicted molar refractivity (Wildman–Crippen MR) is 59.8 cm³/mol. The van der Waals surface area contributed by atoms with Crippen molar-refractivity contribution in [1.82, 2.24) is 5.32 Å². The number of hydrogen-bond donors (Lipinski definition) is 2. The highest BCUT2D eigenvalue weighted by Crippen LogP contribution is 2.09. The predicted octanol–water partition coefficient (Wildman–Crippen LogP) is 0.231. The van der Waals surface area contributed by atoms with Crippen molar-refractivity contribution >= 4 is 11.6 Å². The van der Waals surface area contributed by atoms with Crippen LogP contribution in [0.5, 0.6) is 0 Å². The molecule has 4 heteroatoms. The van der Waals surface area contributed by atoms with Crippen molar-refractivity contribution in [3.05, 3.63) is 30.3 Å². The Hall–Kier alpha value is -1.55. The van der Waals surface area contributed by atoms with Gasteiger partial charge in [0.1, 0.15) is 0 Å². The summed E-state index contributed by atoms with van der Waals surface area (Å²) in [6.45, 7) is 0.576. The second-order valence-corrected chi connectivity index (χ2v) is 3.27. The molecule has 1 amide bonds. The van der Waals surface area contributed by atoms with E-state index < -0.39 is 0 Å². The molecule has 15 heavy (non-hydrogen) atoms. The van der Waals surface area contributed by atoms with E-state index in [0.717, 1.165) is 5.69 Å². The number of anilines is 1. The zero-order valence-electron chi connectivity index (χ0n) is 8.81. The van der Waals surface area contributed by atoms with E-state index in [1.807, 2.05) is 42.3 Å². The molecule has 0 saturated carbocycles. The fourth-order valence-electron chi connectivity index (χ4n) is 1.24. The van der Waals surface area contributed by atoms with Crippen molar-refractivity contribution < 1.29 is 9.90 Å². The van der Waals surface area contributed by atoms with Gasteiger partial charge >= 0.3 is 0 Å². The number of aliphatic hydroxyl groups is 1. The van der Waals surface area contributed by atoms with Crippen LogP contribution in [0.4, 0.5) is 5.69 Å². The molecule has 0 saturated heterocycles. The number of amides is 1. The van der Waals surface area contributed by atoms with E-state index in [-0.39, 0.29) is 12.5 Å². The zero-order chi connectivity index (χ0) is 11.1. The maximum Gasteiger partial charge on any atom is 0.239 e. The maximum atomic E-state index is 11.3. The molecule has 0 spiro atoms. The third-order valence-corrected chi connectivity index (χ3v) is 2.01. The lowest BCUT2D eigenvalue weighted by atomic mass is 10.3. The molecule has 0 radical (unpaired) electrons. The van der Waals surface area contributed by atoms with Gasteiger partial charge in [-0.25, -0.2) is 0 Å². The number of nitrogens with zero attached hydrogens (tertiary/aromatic N) is 1. The minimum Gasteiger partial charge on any atom is -0.395 e. The van der Waals surface area contributed by atoms with E-state index in [1.165, 1.54) is 0 Å². The highest BCUT2D eigenvalue weighted by atomic mass is 16.3. The lowest BCUT2D eigenvalue weighted by Crippen LogP contribution is -2.36. The molecule has 0 heterocycles. The Morgan fingerprint density at radius 3 is 2.67 bits per heavy atom. The van der Waals surface area contributed by atoms with E-state index in [9.17, 15) is 4.79 Å². The lowest BCUT2D eigenvalue weighted by Gasteiger charge is -2.18. The Bertz CT molecular complexity index is 301. The molecule has 0 atom stereocenters. The summed E-state index contributed by atoms with van der Waals surface area (Å²) in [5.41, 5.74) is 0.997. The lowest BCUT2D eigenvalue weighted by molar-refractivity contribution is -0.119. The Labute approximate surface area is 89.5 Å². The van der Waals surface area contributed by atoms with Crippen LogP contribution in [0.2, 0.25) is 0 Å². The van der Waals surface area contributed by atoms with Gasteiger partial charge in [0.2, 0.25) is 5.91 Å². The Morgan fingerprint density at radius 1 is 1.40 bits per heavy atom. The summed E-state index contributed by atoms with van der Waals surface area (Å²) in [4.78, 5) is 13.2. The molecule has 0 aliphatic heterocycles. The highest BCUT2D eigenvalue weighted by molar-refractivity contribution is 5.81. The highest BCUT2D eigenvalue weighted by Gasteiger charge is 2.05. The monoisotopic (exact) mass is 208 g/mol. The topological polar surface area (TPSA) is 52.6 Å². The van der Waals surface area contributed by atoms with Crippen LogP contribution in [0.1, 0.15) is 0 Å². The molecule has 1 aromatic carbocycles. The van der Waals surface area contributed by atoms with Crippen LogP contribution in [0.3, 0.4) is 0 Å². The smallest absolute Gasteiger partial charge is 0.239 e. The van der Waals surface area contributed by atoms with Gasteiger partial charge in [-0.2, -0.15) is 0 Å². The summed E-state index contributed by atoms with van der Waals surface area (Å²) in [7, 11) is 1.86. The Kier molecular flexibility index (Phi) is 4.63. The number of carbonyl (C=O) groups is 1. The zero-order valence-corrected chi connectivity index (χ0v) is 8.81. The summed E-state index contributed by atoms with van der Waals surface area (Å²) in [6.07, 6.45) is 0. The minimum absolute atomic E-state index is 0.0270. The average molecular weight is 208 g/mol. The van der Waals surface area contributed by atoms with Crippen LogP contribution in [0.15, 0.2) is 30.3 Å². The third kappa shape index (κ3) is 3.99. The van der Waals surface area contributed by atoms with Gasteiger partial charge in [-0.1, -0.05) is 18.2 Å². The number of para-hydroxylation sites is 1. The molecule has 1 rings (SSSR count). The molecule has 0 aliphatic rings. The summed E-state index contributed by atoms with van der Waals surface area (Å²) < 4.78 is 0. The molecular formula is C11H16N2O2. The third-order valence-electron chi connectivity index (χ3n) is 2.01. The van der Waals surface area contributed by atoms with Gasteiger partial charge in [-0.05, 0) is 12.1 Å². The van der Waals surface area contributed by atoms with Gasteiger partial charge < -0.3 is 15.3 Å². The van der Waals surface area contributed by atoms with Crippen molar-refractivity contribution in [2.45, 2.75) is 0 Å². The molecular weight excluding hydrogens is 192 g/mol. The van der Waals surface area contributed by atoms with Crippen LogP contribution in [0.25, 0.3) is 0 Å².